The summed E-state index contributed by atoms with van der Waals surface area (Å²) >= 11 is 3.24. The Kier molecular flexibility index (Phi) is 2.95. The molecule has 1 aliphatic rings. The lowest BCUT2D eigenvalue weighted by Crippen LogP contribution is -2.32. The van der Waals surface area contributed by atoms with Gasteiger partial charge in [-0.1, -0.05) is 0 Å². The topological polar surface area (TPSA) is 67.3 Å². The fourth-order valence-electron chi connectivity index (χ4n) is 1.28. The number of hydrogen-bond acceptors (Lipinski definition) is 5. The molecule has 76 valence electrons. The Morgan fingerprint density at radius 2 is 2.36 bits per heavy atom. The van der Waals surface area contributed by atoms with Crippen molar-refractivity contribution >= 4 is 21.7 Å². The van der Waals surface area contributed by atoms with Crippen molar-refractivity contribution < 1.29 is 9.84 Å². The first-order valence-corrected chi connectivity index (χ1v) is 5.05. The molecule has 1 aromatic rings. The van der Waals surface area contributed by atoms with Crippen molar-refractivity contribution in [1.29, 1.82) is 0 Å². The summed E-state index contributed by atoms with van der Waals surface area (Å²) in [5.41, 5.74) is 0. The highest BCUT2D eigenvalue weighted by Gasteiger charge is 2.26. The number of rotatable bonds is 2. The average Bonchev–Trinajstić information content (AvgIpc) is 2.52. The van der Waals surface area contributed by atoms with Gasteiger partial charge in [0.1, 0.15) is 16.7 Å². The summed E-state index contributed by atoms with van der Waals surface area (Å²) in [6.45, 7) is 0.882. The molecule has 0 bridgehead atoms. The number of ether oxygens (including phenoxy) is 1. The Morgan fingerprint density at radius 1 is 1.50 bits per heavy atom. The van der Waals surface area contributed by atoms with Gasteiger partial charge in [-0.05, 0) is 15.9 Å². The van der Waals surface area contributed by atoms with Crippen molar-refractivity contribution in [2.45, 2.75) is 12.1 Å². The summed E-state index contributed by atoms with van der Waals surface area (Å²) in [7, 11) is 0. The van der Waals surface area contributed by atoms with Crippen LogP contribution in [0.1, 0.15) is 0 Å². The molecule has 5 nitrogen and oxygen atoms in total. The van der Waals surface area contributed by atoms with Crippen molar-refractivity contribution in [2.75, 3.05) is 18.5 Å². The molecule has 14 heavy (non-hydrogen) atoms. The van der Waals surface area contributed by atoms with Gasteiger partial charge in [-0.2, -0.15) is 0 Å². The zero-order valence-corrected chi connectivity index (χ0v) is 8.94. The quantitative estimate of drug-likeness (QED) is 0.754. The molecule has 2 atom stereocenters. The molecule has 2 heterocycles. The smallest absolute Gasteiger partial charge is 0.130 e. The molecule has 1 aliphatic heterocycles. The predicted molar refractivity (Wildman–Crippen MR) is 54.0 cm³/mol. The van der Waals surface area contributed by atoms with E-state index in [0.717, 1.165) is 0 Å². The number of nitrogens with one attached hydrogen (secondary N) is 1. The van der Waals surface area contributed by atoms with Crippen LogP contribution in [-0.2, 0) is 4.74 Å². The van der Waals surface area contributed by atoms with E-state index < -0.39 is 6.10 Å². The number of aliphatic hydroxyl groups excluding tert-OH is 1. The molecule has 1 saturated heterocycles. The Balaban J connectivity index is 2.03. The molecule has 0 saturated carbocycles. The van der Waals surface area contributed by atoms with Crippen LogP contribution >= 0.6 is 15.9 Å². The van der Waals surface area contributed by atoms with E-state index in [-0.39, 0.29) is 6.04 Å². The van der Waals surface area contributed by atoms with E-state index in [0.29, 0.717) is 23.6 Å². The molecular weight excluding hydrogens is 250 g/mol. The van der Waals surface area contributed by atoms with Crippen LogP contribution in [0.5, 0.6) is 0 Å². The van der Waals surface area contributed by atoms with E-state index in [4.69, 9.17) is 4.74 Å². The lowest BCUT2D eigenvalue weighted by molar-refractivity contribution is 0.125. The van der Waals surface area contributed by atoms with Gasteiger partial charge in [0.25, 0.3) is 0 Å². The van der Waals surface area contributed by atoms with Gasteiger partial charge in [-0.25, -0.2) is 9.97 Å². The van der Waals surface area contributed by atoms with Crippen LogP contribution in [0.4, 0.5) is 5.82 Å². The molecule has 0 radical (unpaired) electrons. The third-order valence-corrected chi connectivity index (χ3v) is 2.45. The van der Waals surface area contributed by atoms with Crippen LogP contribution in [0.2, 0.25) is 0 Å². The van der Waals surface area contributed by atoms with Crippen LogP contribution in [0.15, 0.2) is 17.0 Å². The van der Waals surface area contributed by atoms with Crippen LogP contribution in [0.3, 0.4) is 0 Å². The molecular formula is C8H10BrN3O2. The maximum atomic E-state index is 9.48. The highest BCUT2D eigenvalue weighted by atomic mass is 79.9. The summed E-state index contributed by atoms with van der Waals surface area (Å²) < 4.78 is 5.82. The first-order chi connectivity index (χ1) is 6.75. The van der Waals surface area contributed by atoms with Crippen LogP contribution in [0.25, 0.3) is 0 Å². The maximum Gasteiger partial charge on any atom is 0.130 e. The first kappa shape index (κ1) is 9.82. The van der Waals surface area contributed by atoms with Gasteiger partial charge in [0.2, 0.25) is 0 Å². The molecule has 0 aromatic carbocycles. The van der Waals surface area contributed by atoms with Gasteiger partial charge in [0.05, 0.1) is 25.4 Å². The average molecular weight is 260 g/mol. The van der Waals surface area contributed by atoms with Crippen molar-refractivity contribution in [3.63, 3.8) is 0 Å². The molecule has 2 unspecified atom stereocenters. The molecule has 0 amide bonds. The summed E-state index contributed by atoms with van der Waals surface area (Å²) in [5, 5.41) is 12.6. The van der Waals surface area contributed by atoms with E-state index in [1.54, 1.807) is 6.07 Å². The Morgan fingerprint density at radius 3 is 3.00 bits per heavy atom. The van der Waals surface area contributed by atoms with Crippen LogP contribution in [0, 0.1) is 0 Å². The van der Waals surface area contributed by atoms with Gasteiger partial charge in [0, 0.05) is 6.07 Å². The SMILES string of the molecule is OC1COCC1Nc1cc(Br)ncn1. The van der Waals surface area contributed by atoms with Crippen molar-refractivity contribution in [3.8, 4) is 0 Å². The summed E-state index contributed by atoms with van der Waals surface area (Å²) in [6, 6.07) is 1.67. The second-order valence-electron chi connectivity index (χ2n) is 3.08. The van der Waals surface area contributed by atoms with Gasteiger partial charge in [0.15, 0.2) is 0 Å². The van der Waals surface area contributed by atoms with Gasteiger partial charge in [-0.15, -0.1) is 0 Å². The van der Waals surface area contributed by atoms with Crippen molar-refractivity contribution in [2.24, 2.45) is 0 Å². The van der Waals surface area contributed by atoms with E-state index in [9.17, 15) is 5.11 Å². The number of halogens is 1. The van der Waals surface area contributed by atoms with Gasteiger partial charge < -0.3 is 15.2 Å². The fourth-order valence-corrected chi connectivity index (χ4v) is 1.59. The zero-order valence-electron chi connectivity index (χ0n) is 7.35. The highest BCUT2D eigenvalue weighted by molar-refractivity contribution is 9.10. The number of hydrogen-bond donors (Lipinski definition) is 2. The Hall–Kier alpha value is -0.720. The second kappa shape index (κ2) is 4.20. The Labute approximate surface area is 89.6 Å². The number of nitrogens with zero attached hydrogens (tertiary/aromatic N) is 2. The number of aliphatic hydroxyl groups is 1. The monoisotopic (exact) mass is 259 g/mol. The molecule has 2 rings (SSSR count). The molecule has 1 fully saturated rings. The lowest BCUT2D eigenvalue weighted by atomic mass is 10.2. The predicted octanol–water partition coefficient (Wildman–Crippen LogP) is 0.411. The zero-order chi connectivity index (χ0) is 9.97. The highest BCUT2D eigenvalue weighted by Crippen LogP contribution is 2.14. The summed E-state index contributed by atoms with van der Waals surface area (Å²) in [4.78, 5) is 7.92. The summed E-state index contributed by atoms with van der Waals surface area (Å²) in [6.07, 6.45) is 0.984. The van der Waals surface area contributed by atoms with Gasteiger partial charge in [-0.3, -0.25) is 0 Å². The van der Waals surface area contributed by atoms with Crippen molar-refractivity contribution in [3.05, 3.63) is 17.0 Å². The van der Waals surface area contributed by atoms with E-state index >= 15 is 0 Å². The van der Waals surface area contributed by atoms with Crippen LogP contribution < -0.4 is 5.32 Å². The van der Waals surface area contributed by atoms with E-state index in [2.05, 4.69) is 31.2 Å². The molecule has 0 aliphatic carbocycles. The van der Waals surface area contributed by atoms with E-state index in [1.165, 1.54) is 6.33 Å². The normalized spacial score (nSPS) is 26.4. The van der Waals surface area contributed by atoms with Crippen LogP contribution in [-0.4, -0.2) is 40.4 Å². The molecule has 1 aromatic heterocycles. The Bertz CT molecular complexity index is 323. The van der Waals surface area contributed by atoms with Crippen molar-refractivity contribution in [1.82, 2.24) is 9.97 Å². The minimum Gasteiger partial charge on any atom is -0.388 e. The third-order valence-electron chi connectivity index (χ3n) is 2.02. The lowest BCUT2D eigenvalue weighted by Gasteiger charge is -2.14. The third kappa shape index (κ3) is 2.20. The minimum atomic E-state index is -0.469. The molecule has 2 N–H and O–H groups in total. The largest absolute Gasteiger partial charge is 0.388 e. The van der Waals surface area contributed by atoms with E-state index in [1.807, 2.05) is 0 Å². The number of anilines is 1. The fraction of sp³-hybridized carbons (Fsp3) is 0.500. The first-order valence-electron chi connectivity index (χ1n) is 4.25. The minimum absolute atomic E-state index is 0.0863. The maximum absolute atomic E-state index is 9.48. The van der Waals surface area contributed by atoms with Gasteiger partial charge >= 0.3 is 0 Å². The summed E-state index contributed by atoms with van der Waals surface area (Å²) in [5.74, 6) is 0.682. The number of aromatic nitrogens is 2. The standard InChI is InChI=1S/C8H10BrN3O2/c9-7-1-8(11-4-10-7)12-5-2-14-3-6(5)13/h1,4-6,13H,2-3H2,(H,10,11,12). The molecule has 0 spiro atoms. The second-order valence-corrected chi connectivity index (χ2v) is 3.89. The molecule has 6 heteroatoms.